The summed E-state index contributed by atoms with van der Waals surface area (Å²) in [6, 6.07) is 0. The molecule has 1 aromatic rings. The molecule has 1 N–H and O–H groups in total. The van der Waals surface area contributed by atoms with Gasteiger partial charge in [-0.05, 0) is 7.05 Å². The van der Waals surface area contributed by atoms with E-state index in [1.807, 2.05) is 0 Å². The molecule has 2 rings (SSSR count). The SMILES string of the molecule is CN1CCN(Cc2cnc(C(=O)O)o2)CC1.[LiH]. The Morgan fingerprint density at radius 3 is 2.65 bits per heavy atom. The van der Waals surface area contributed by atoms with E-state index in [1.54, 1.807) is 0 Å². The first-order valence-electron chi connectivity index (χ1n) is 5.24. The van der Waals surface area contributed by atoms with Crippen molar-refractivity contribution in [3.8, 4) is 0 Å². The average molecular weight is 233 g/mol. The molecule has 0 atom stereocenters. The van der Waals surface area contributed by atoms with Crippen LogP contribution < -0.4 is 0 Å². The van der Waals surface area contributed by atoms with Crippen LogP contribution in [0.2, 0.25) is 0 Å². The van der Waals surface area contributed by atoms with E-state index < -0.39 is 5.97 Å². The van der Waals surface area contributed by atoms with Crippen LogP contribution in [0.1, 0.15) is 16.4 Å². The van der Waals surface area contributed by atoms with Crippen molar-refractivity contribution in [2.75, 3.05) is 33.2 Å². The van der Waals surface area contributed by atoms with Crippen LogP contribution in [0.3, 0.4) is 0 Å². The molecule has 1 aliphatic heterocycles. The van der Waals surface area contributed by atoms with Crippen LogP contribution in [-0.2, 0) is 6.54 Å². The van der Waals surface area contributed by atoms with Gasteiger partial charge in [0, 0.05) is 26.2 Å². The third-order valence-corrected chi connectivity index (χ3v) is 2.71. The number of piperazine rings is 1. The first-order chi connectivity index (χ1) is 7.65. The quantitative estimate of drug-likeness (QED) is 0.708. The molecule has 1 fully saturated rings. The minimum atomic E-state index is -1.12. The summed E-state index contributed by atoms with van der Waals surface area (Å²) in [6.45, 7) is 4.63. The van der Waals surface area contributed by atoms with Crippen LogP contribution in [0, 0.1) is 0 Å². The number of carboxylic acid groups (broad SMARTS) is 1. The van der Waals surface area contributed by atoms with Crippen LogP contribution >= 0.6 is 0 Å². The first-order valence-corrected chi connectivity index (χ1v) is 5.24. The van der Waals surface area contributed by atoms with Gasteiger partial charge in [0.15, 0.2) is 0 Å². The number of carboxylic acids is 1. The molecule has 0 unspecified atom stereocenters. The fraction of sp³-hybridized carbons (Fsp3) is 0.600. The molecular formula is C10H16LiN3O3. The molecule has 6 nitrogen and oxygen atoms in total. The fourth-order valence-corrected chi connectivity index (χ4v) is 1.71. The number of aromatic nitrogens is 1. The Labute approximate surface area is 112 Å². The summed E-state index contributed by atoms with van der Waals surface area (Å²) in [6.07, 6.45) is 1.49. The molecule has 1 aromatic heterocycles. The minimum absolute atomic E-state index is 0. The number of hydrogen-bond acceptors (Lipinski definition) is 5. The normalized spacial score (nSPS) is 17.7. The topological polar surface area (TPSA) is 69.8 Å². The van der Waals surface area contributed by atoms with Gasteiger partial charge in [-0.15, -0.1) is 0 Å². The van der Waals surface area contributed by atoms with Gasteiger partial charge in [-0.1, -0.05) is 0 Å². The van der Waals surface area contributed by atoms with E-state index >= 15 is 0 Å². The second-order valence-electron chi connectivity index (χ2n) is 4.02. The van der Waals surface area contributed by atoms with Gasteiger partial charge >= 0.3 is 30.7 Å². The van der Waals surface area contributed by atoms with Crippen molar-refractivity contribution < 1.29 is 14.3 Å². The molecule has 90 valence electrons. The molecule has 0 saturated carbocycles. The van der Waals surface area contributed by atoms with Gasteiger partial charge in [-0.3, -0.25) is 4.90 Å². The van der Waals surface area contributed by atoms with Gasteiger partial charge in [-0.2, -0.15) is 0 Å². The second-order valence-corrected chi connectivity index (χ2v) is 4.02. The van der Waals surface area contributed by atoms with Crippen molar-refractivity contribution in [1.82, 2.24) is 14.8 Å². The Balaban J connectivity index is 0.00000144. The molecule has 0 radical (unpaired) electrons. The standard InChI is InChI=1S/C10H15N3O3.Li.H/c1-12-2-4-13(5-3-12)7-8-6-11-9(16-8)10(14)15;;/h6H,2-5,7H2,1H3,(H,14,15);;. The van der Waals surface area contributed by atoms with Crippen LogP contribution in [0.4, 0.5) is 0 Å². The number of nitrogens with zero attached hydrogens (tertiary/aromatic N) is 3. The molecule has 0 aromatic carbocycles. The molecule has 2 heterocycles. The van der Waals surface area contributed by atoms with E-state index in [0.717, 1.165) is 26.2 Å². The van der Waals surface area contributed by atoms with Gasteiger partial charge in [-0.25, -0.2) is 9.78 Å². The van der Waals surface area contributed by atoms with Crippen LogP contribution in [0.5, 0.6) is 0 Å². The third-order valence-electron chi connectivity index (χ3n) is 2.71. The molecule has 1 saturated heterocycles. The number of aromatic carboxylic acids is 1. The summed E-state index contributed by atoms with van der Waals surface area (Å²) in [5.74, 6) is -0.740. The summed E-state index contributed by atoms with van der Waals surface area (Å²) >= 11 is 0. The van der Waals surface area contributed by atoms with Crippen molar-refractivity contribution in [3.05, 3.63) is 17.8 Å². The Bertz CT molecular complexity index is 375. The number of rotatable bonds is 3. The van der Waals surface area contributed by atoms with Crippen LogP contribution in [0.25, 0.3) is 0 Å². The third kappa shape index (κ3) is 3.86. The summed E-state index contributed by atoms with van der Waals surface area (Å²) in [5, 5.41) is 8.66. The zero-order chi connectivity index (χ0) is 11.5. The van der Waals surface area contributed by atoms with Crippen molar-refractivity contribution >= 4 is 24.8 Å². The molecule has 0 spiro atoms. The van der Waals surface area contributed by atoms with Gasteiger partial charge < -0.3 is 14.4 Å². The Hall–Kier alpha value is -0.803. The summed E-state index contributed by atoms with van der Waals surface area (Å²) in [7, 11) is 2.09. The second kappa shape index (κ2) is 6.22. The van der Waals surface area contributed by atoms with E-state index in [0.29, 0.717) is 12.3 Å². The van der Waals surface area contributed by atoms with Crippen molar-refractivity contribution in [2.24, 2.45) is 0 Å². The van der Waals surface area contributed by atoms with E-state index in [1.165, 1.54) is 6.20 Å². The molecule has 0 aliphatic carbocycles. The molecule has 1 aliphatic rings. The predicted octanol–water partition coefficient (Wildman–Crippen LogP) is -0.528. The fourth-order valence-electron chi connectivity index (χ4n) is 1.71. The van der Waals surface area contributed by atoms with Gasteiger partial charge in [0.2, 0.25) is 0 Å². The van der Waals surface area contributed by atoms with Crippen molar-refractivity contribution in [2.45, 2.75) is 6.54 Å². The number of hydrogen-bond donors (Lipinski definition) is 1. The Kier molecular flexibility index (Phi) is 5.21. The Morgan fingerprint density at radius 2 is 2.12 bits per heavy atom. The average Bonchev–Trinajstić information content (AvgIpc) is 2.70. The molecule has 0 amide bonds. The van der Waals surface area contributed by atoms with E-state index in [4.69, 9.17) is 9.52 Å². The van der Waals surface area contributed by atoms with E-state index in [9.17, 15) is 4.79 Å². The van der Waals surface area contributed by atoms with Crippen LogP contribution in [0.15, 0.2) is 10.6 Å². The molecular weight excluding hydrogens is 217 g/mol. The van der Waals surface area contributed by atoms with E-state index in [2.05, 4.69) is 21.8 Å². The predicted molar refractivity (Wildman–Crippen MR) is 63.4 cm³/mol. The molecule has 17 heavy (non-hydrogen) atoms. The maximum atomic E-state index is 10.6. The number of likely N-dealkylation sites (N-methyl/N-ethyl adjacent to an activating group) is 1. The van der Waals surface area contributed by atoms with E-state index in [-0.39, 0.29) is 24.8 Å². The van der Waals surface area contributed by atoms with Gasteiger partial charge in [0.1, 0.15) is 5.76 Å². The molecule has 7 heteroatoms. The number of carbonyl (C=O) groups is 1. The van der Waals surface area contributed by atoms with Gasteiger partial charge in [0.05, 0.1) is 12.7 Å². The molecule has 0 bridgehead atoms. The zero-order valence-electron chi connectivity index (χ0n) is 9.22. The van der Waals surface area contributed by atoms with Gasteiger partial charge in [0.25, 0.3) is 0 Å². The summed E-state index contributed by atoms with van der Waals surface area (Å²) in [4.78, 5) is 18.8. The van der Waals surface area contributed by atoms with Crippen molar-refractivity contribution in [1.29, 1.82) is 0 Å². The zero-order valence-corrected chi connectivity index (χ0v) is 9.22. The van der Waals surface area contributed by atoms with Crippen LogP contribution in [-0.4, -0.2) is 77.9 Å². The summed E-state index contributed by atoms with van der Waals surface area (Å²) < 4.78 is 5.11. The number of oxazole rings is 1. The first kappa shape index (κ1) is 14.3. The monoisotopic (exact) mass is 233 g/mol. The van der Waals surface area contributed by atoms with Crippen molar-refractivity contribution in [3.63, 3.8) is 0 Å². The maximum absolute atomic E-state index is 10.6. The Morgan fingerprint density at radius 1 is 1.47 bits per heavy atom. The summed E-state index contributed by atoms with van der Waals surface area (Å²) in [5.41, 5.74) is 0.